The molecule has 0 saturated heterocycles. The van der Waals surface area contributed by atoms with Gasteiger partial charge < -0.3 is 0 Å². The van der Waals surface area contributed by atoms with E-state index in [-0.39, 0.29) is 5.56 Å². The second-order valence-corrected chi connectivity index (χ2v) is 4.57. The minimum Gasteiger partial charge on any atom is -0.267 e. The fourth-order valence-electron chi connectivity index (χ4n) is 1.28. The normalized spacial score (nSPS) is 11.1. The molecule has 0 radical (unpaired) electrons. The molecule has 0 atom stereocenters. The predicted octanol–water partition coefficient (Wildman–Crippen LogP) is 2.78. The monoisotopic (exact) mass is 205 g/mol. The van der Waals surface area contributed by atoms with Crippen molar-refractivity contribution < 1.29 is 0 Å². The Balaban J connectivity index is 2.79. The molecule has 2 nitrogen and oxygen atoms in total. The van der Waals surface area contributed by atoms with Crippen molar-refractivity contribution >= 4 is 21.4 Å². The first-order chi connectivity index (χ1) is 6.68. The van der Waals surface area contributed by atoms with Crippen molar-refractivity contribution in [2.75, 3.05) is 0 Å². The van der Waals surface area contributed by atoms with Gasteiger partial charge in [-0.05, 0) is 12.1 Å². The van der Waals surface area contributed by atoms with Crippen molar-refractivity contribution in [3.8, 4) is 0 Å². The van der Waals surface area contributed by atoms with Crippen LogP contribution in [0.3, 0.4) is 0 Å². The zero-order valence-electron chi connectivity index (χ0n) is 8.15. The average Bonchev–Trinajstić information content (AvgIpc) is 2.17. The van der Waals surface area contributed by atoms with Crippen molar-refractivity contribution in [2.24, 2.45) is 0 Å². The van der Waals surface area contributed by atoms with Gasteiger partial charge in [-0.25, -0.2) is 4.98 Å². The van der Waals surface area contributed by atoms with E-state index < -0.39 is 0 Å². The van der Waals surface area contributed by atoms with Gasteiger partial charge >= 0.3 is 0 Å². The standard InChI is InChI=1S/C11H11NOS/c1-7(2)11-12-10(13)8-5-3-4-6-9(8)14-11/h3-7H,1-2H3. The zero-order valence-corrected chi connectivity index (χ0v) is 8.97. The molecule has 0 unspecified atom stereocenters. The highest BCUT2D eigenvalue weighted by Gasteiger charge is 2.06. The molecule has 1 aromatic carbocycles. The number of hydrogen-bond donors (Lipinski definition) is 0. The summed E-state index contributed by atoms with van der Waals surface area (Å²) in [6, 6.07) is 7.61. The number of aromatic nitrogens is 1. The van der Waals surface area contributed by atoms with Gasteiger partial charge in [0.1, 0.15) is 0 Å². The van der Waals surface area contributed by atoms with Crippen LogP contribution in [-0.2, 0) is 0 Å². The largest absolute Gasteiger partial charge is 0.279 e. The van der Waals surface area contributed by atoms with Gasteiger partial charge in [-0.1, -0.05) is 26.0 Å². The Bertz CT molecular complexity index is 516. The summed E-state index contributed by atoms with van der Waals surface area (Å²) in [5.41, 5.74) is -0.108. The van der Waals surface area contributed by atoms with E-state index in [1.165, 1.54) is 0 Å². The molecule has 0 fully saturated rings. The van der Waals surface area contributed by atoms with Gasteiger partial charge in [0.2, 0.25) is 0 Å². The zero-order chi connectivity index (χ0) is 10.1. The first kappa shape index (κ1) is 9.34. The molecule has 0 aliphatic heterocycles. The van der Waals surface area contributed by atoms with E-state index in [1.54, 1.807) is 11.3 Å². The maximum atomic E-state index is 11.6. The lowest BCUT2D eigenvalue weighted by Gasteiger charge is -2.03. The van der Waals surface area contributed by atoms with Crippen LogP contribution < -0.4 is 5.56 Å². The molecule has 0 N–H and O–H groups in total. The Kier molecular flexibility index (Phi) is 2.33. The van der Waals surface area contributed by atoms with E-state index in [4.69, 9.17) is 0 Å². The molecule has 0 aliphatic rings. The van der Waals surface area contributed by atoms with Crippen LogP contribution in [0.5, 0.6) is 0 Å². The maximum absolute atomic E-state index is 11.6. The minimum absolute atomic E-state index is 0.108. The fourth-order valence-corrected chi connectivity index (χ4v) is 2.28. The summed E-state index contributed by atoms with van der Waals surface area (Å²) in [6.07, 6.45) is 0. The molecule has 3 heteroatoms. The molecule has 1 aromatic heterocycles. The number of hydrogen-bond acceptors (Lipinski definition) is 3. The highest BCUT2D eigenvalue weighted by molar-refractivity contribution is 7.18. The second kappa shape index (κ2) is 3.50. The van der Waals surface area contributed by atoms with Crippen molar-refractivity contribution in [1.29, 1.82) is 0 Å². The van der Waals surface area contributed by atoms with Crippen LogP contribution in [0.15, 0.2) is 29.1 Å². The van der Waals surface area contributed by atoms with Crippen molar-refractivity contribution in [2.45, 2.75) is 19.8 Å². The van der Waals surface area contributed by atoms with E-state index >= 15 is 0 Å². The molecular formula is C11H11NOS. The summed E-state index contributed by atoms with van der Waals surface area (Å²) >= 11 is 1.60. The third kappa shape index (κ3) is 1.55. The maximum Gasteiger partial charge on any atom is 0.279 e. The molecule has 0 bridgehead atoms. The van der Waals surface area contributed by atoms with E-state index in [2.05, 4.69) is 4.98 Å². The number of nitrogens with zero attached hydrogens (tertiary/aromatic N) is 1. The summed E-state index contributed by atoms with van der Waals surface area (Å²) in [6.45, 7) is 4.10. The molecule has 0 saturated carbocycles. The van der Waals surface area contributed by atoms with E-state index in [1.807, 2.05) is 38.1 Å². The lowest BCUT2D eigenvalue weighted by molar-refractivity contribution is 0.844. The molecular weight excluding hydrogens is 194 g/mol. The first-order valence-corrected chi connectivity index (χ1v) is 5.40. The Morgan fingerprint density at radius 2 is 2.00 bits per heavy atom. The predicted molar refractivity (Wildman–Crippen MR) is 60.0 cm³/mol. The molecule has 0 amide bonds. The number of rotatable bonds is 1. The first-order valence-electron chi connectivity index (χ1n) is 4.58. The lowest BCUT2D eigenvalue weighted by Crippen LogP contribution is -2.08. The van der Waals surface area contributed by atoms with Crippen LogP contribution in [-0.4, -0.2) is 4.98 Å². The summed E-state index contributed by atoms with van der Waals surface area (Å²) in [5.74, 6) is 0.317. The quantitative estimate of drug-likeness (QED) is 0.716. The second-order valence-electron chi connectivity index (χ2n) is 3.51. The summed E-state index contributed by atoms with van der Waals surface area (Å²) < 4.78 is 1.02. The van der Waals surface area contributed by atoms with Crippen LogP contribution in [0, 0.1) is 0 Å². The van der Waals surface area contributed by atoms with Crippen LogP contribution in [0.25, 0.3) is 10.1 Å². The van der Waals surface area contributed by atoms with Gasteiger partial charge in [-0.3, -0.25) is 4.79 Å². The highest BCUT2D eigenvalue weighted by atomic mass is 32.1. The number of fused-ring (bicyclic) bond motifs is 1. The molecule has 1 heterocycles. The van der Waals surface area contributed by atoms with Crippen LogP contribution in [0.1, 0.15) is 24.8 Å². The van der Waals surface area contributed by atoms with Gasteiger partial charge in [0, 0.05) is 10.6 Å². The summed E-state index contributed by atoms with van der Waals surface area (Å²) in [7, 11) is 0. The topological polar surface area (TPSA) is 30.0 Å². The minimum atomic E-state index is -0.108. The van der Waals surface area contributed by atoms with Gasteiger partial charge in [0.05, 0.1) is 10.4 Å². The SMILES string of the molecule is CC(C)c1nc(=O)c2ccccc2s1. The molecule has 2 aromatic rings. The third-order valence-corrected chi connectivity index (χ3v) is 3.39. The van der Waals surface area contributed by atoms with Gasteiger partial charge in [-0.2, -0.15) is 0 Å². The third-order valence-electron chi connectivity index (χ3n) is 2.04. The fraction of sp³-hybridized carbons (Fsp3) is 0.273. The smallest absolute Gasteiger partial charge is 0.267 e. The molecule has 2 rings (SSSR count). The van der Waals surface area contributed by atoms with E-state index in [0.717, 1.165) is 15.1 Å². The van der Waals surface area contributed by atoms with Crippen LogP contribution in [0.4, 0.5) is 0 Å². The Hall–Kier alpha value is -1.22. The van der Waals surface area contributed by atoms with Gasteiger partial charge in [0.25, 0.3) is 5.56 Å². The molecule has 14 heavy (non-hydrogen) atoms. The molecule has 0 aliphatic carbocycles. The van der Waals surface area contributed by atoms with E-state index in [0.29, 0.717) is 5.92 Å². The Labute approximate surface area is 86.2 Å². The van der Waals surface area contributed by atoms with Gasteiger partial charge in [-0.15, -0.1) is 11.3 Å². The van der Waals surface area contributed by atoms with Gasteiger partial charge in [0.15, 0.2) is 0 Å². The van der Waals surface area contributed by atoms with Crippen molar-refractivity contribution in [3.63, 3.8) is 0 Å². The summed E-state index contributed by atoms with van der Waals surface area (Å²) in [5, 5.41) is 1.63. The van der Waals surface area contributed by atoms with E-state index in [9.17, 15) is 4.79 Å². The van der Waals surface area contributed by atoms with Crippen molar-refractivity contribution in [3.05, 3.63) is 39.6 Å². The summed E-state index contributed by atoms with van der Waals surface area (Å²) in [4.78, 5) is 15.7. The Morgan fingerprint density at radius 1 is 1.29 bits per heavy atom. The highest BCUT2D eigenvalue weighted by Crippen LogP contribution is 2.22. The molecule has 0 spiro atoms. The van der Waals surface area contributed by atoms with Crippen LogP contribution in [0.2, 0.25) is 0 Å². The lowest BCUT2D eigenvalue weighted by atomic mass is 10.2. The Morgan fingerprint density at radius 3 is 2.71 bits per heavy atom. The number of benzene rings is 1. The average molecular weight is 205 g/mol. The van der Waals surface area contributed by atoms with Crippen molar-refractivity contribution in [1.82, 2.24) is 4.98 Å². The molecule has 72 valence electrons. The van der Waals surface area contributed by atoms with Crippen LogP contribution >= 0.6 is 11.3 Å².